The Kier molecular flexibility index (Phi) is 11.9. The minimum atomic E-state index is -0.601. The Morgan fingerprint density at radius 1 is 1.18 bits per heavy atom. The number of urea groups is 1. The molecule has 0 saturated heterocycles. The summed E-state index contributed by atoms with van der Waals surface area (Å²) in [5.41, 5.74) is 3.97. The number of hydrogen-bond acceptors (Lipinski definition) is 8. The summed E-state index contributed by atoms with van der Waals surface area (Å²) < 4.78 is 27.1. The van der Waals surface area contributed by atoms with Crippen LogP contribution >= 0.6 is 11.3 Å². The molecule has 0 spiro atoms. The van der Waals surface area contributed by atoms with E-state index in [1.807, 2.05) is 0 Å². The number of fused-ring (bicyclic) bond motifs is 1. The zero-order valence-electron chi connectivity index (χ0n) is 25.8. The number of nitrogens with zero attached hydrogens (tertiary/aromatic N) is 1. The fourth-order valence-electron chi connectivity index (χ4n) is 4.91. The lowest BCUT2D eigenvalue weighted by atomic mass is 9.78. The Balaban J connectivity index is 1.48. The van der Waals surface area contributed by atoms with Gasteiger partial charge in [0.1, 0.15) is 11.5 Å². The molecule has 0 bridgehead atoms. The molecule has 5 N–H and O–H groups in total. The number of carbonyl (C=O) groups excluding carboxylic acids is 1. The Morgan fingerprint density at radius 3 is 2.80 bits per heavy atom. The van der Waals surface area contributed by atoms with Crippen LogP contribution in [0.25, 0.3) is 15.8 Å². The van der Waals surface area contributed by atoms with Crippen LogP contribution in [-0.2, 0) is 9.57 Å². The highest BCUT2D eigenvalue weighted by Gasteiger charge is 2.23. The van der Waals surface area contributed by atoms with Gasteiger partial charge >= 0.3 is 6.03 Å². The van der Waals surface area contributed by atoms with Gasteiger partial charge in [0.2, 0.25) is 0 Å². The normalized spacial score (nSPS) is 15.2. The maximum Gasteiger partial charge on any atom is 0.319 e. The van der Waals surface area contributed by atoms with E-state index in [2.05, 4.69) is 57.8 Å². The van der Waals surface area contributed by atoms with Crippen LogP contribution in [-0.4, -0.2) is 44.4 Å². The zero-order chi connectivity index (χ0) is 31.5. The molecule has 0 fully saturated rings. The van der Waals surface area contributed by atoms with Gasteiger partial charge in [-0.15, -0.1) is 11.3 Å². The summed E-state index contributed by atoms with van der Waals surface area (Å²) in [5, 5.41) is 8.66. The van der Waals surface area contributed by atoms with Crippen LogP contribution in [0.1, 0.15) is 51.3 Å². The predicted octanol–water partition coefficient (Wildman–Crippen LogP) is 7.29. The lowest BCUT2D eigenvalue weighted by Gasteiger charge is -2.28. The maximum atomic E-state index is 15.1. The average molecular weight is 624 g/mol. The van der Waals surface area contributed by atoms with Gasteiger partial charge < -0.3 is 30.3 Å². The average Bonchev–Trinajstić information content (AvgIpc) is 3.42. The van der Waals surface area contributed by atoms with Gasteiger partial charge in [-0.3, -0.25) is 4.98 Å². The molecular formula is C33H42FN5O4S. The molecule has 0 radical (unpaired) electrons. The molecule has 11 heteroatoms. The summed E-state index contributed by atoms with van der Waals surface area (Å²) in [6.07, 6.45) is 11.9. The van der Waals surface area contributed by atoms with E-state index in [1.54, 1.807) is 49.8 Å². The second-order valence-electron chi connectivity index (χ2n) is 11.5. The van der Waals surface area contributed by atoms with Crippen molar-refractivity contribution in [2.24, 2.45) is 11.3 Å². The molecular weight excluding hydrogens is 581 g/mol. The van der Waals surface area contributed by atoms with Gasteiger partial charge in [0.25, 0.3) is 0 Å². The number of benzene rings is 1. The molecule has 4 rings (SSSR count). The first-order valence-corrected chi connectivity index (χ1v) is 15.5. The summed E-state index contributed by atoms with van der Waals surface area (Å²) >= 11 is 1.60. The van der Waals surface area contributed by atoms with Crippen LogP contribution < -0.4 is 26.6 Å². The predicted molar refractivity (Wildman–Crippen MR) is 175 cm³/mol. The van der Waals surface area contributed by atoms with E-state index < -0.39 is 11.8 Å². The number of aromatic nitrogens is 1. The highest BCUT2D eigenvalue weighted by molar-refractivity contribution is 7.20. The fraction of sp³-hybridized carbons (Fsp3) is 0.394. The van der Waals surface area contributed by atoms with Crippen molar-refractivity contribution in [2.45, 2.75) is 46.5 Å². The minimum absolute atomic E-state index is 0.0515. The number of allylic oxidation sites excluding steroid dienone is 4. The molecule has 2 heterocycles. The van der Waals surface area contributed by atoms with Crippen LogP contribution in [0, 0.1) is 11.2 Å². The highest BCUT2D eigenvalue weighted by atomic mass is 32.1. The molecule has 2 aromatic heterocycles. The first-order valence-electron chi connectivity index (χ1n) is 14.7. The van der Waals surface area contributed by atoms with Crippen molar-refractivity contribution in [1.82, 2.24) is 15.6 Å². The second kappa shape index (κ2) is 15.8. The van der Waals surface area contributed by atoms with E-state index in [1.165, 1.54) is 23.3 Å². The van der Waals surface area contributed by atoms with Gasteiger partial charge in [0, 0.05) is 49.1 Å². The molecule has 0 unspecified atom stereocenters. The summed E-state index contributed by atoms with van der Waals surface area (Å²) in [6.45, 7) is 9.01. The van der Waals surface area contributed by atoms with Crippen LogP contribution in [0.3, 0.4) is 0 Å². The number of nitrogens with two attached hydrogens (primary N) is 1. The van der Waals surface area contributed by atoms with E-state index in [9.17, 15) is 4.79 Å². The summed E-state index contributed by atoms with van der Waals surface area (Å²) in [7, 11) is 1.72. The zero-order valence-corrected chi connectivity index (χ0v) is 26.6. The van der Waals surface area contributed by atoms with Crippen molar-refractivity contribution in [3.8, 4) is 11.5 Å². The number of nitrogens with one attached hydrogen (secondary N) is 3. The second-order valence-corrected chi connectivity index (χ2v) is 12.6. The molecule has 44 heavy (non-hydrogen) atoms. The number of carbonyl (C=O) groups is 1. The van der Waals surface area contributed by atoms with Crippen molar-refractivity contribution in [3.05, 3.63) is 76.8 Å². The van der Waals surface area contributed by atoms with Gasteiger partial charge in [0.15, 0.2) is 11.6 Å². The summed E-state index contributed by atoms with van der Waals surface area (Å²) in [6, 6.07) is 7.63. The minimum Gasteiger partial charge on any atom is -0.453 e. The van der Waals surface area contributed by atoms with E-state index in [0.717, 1.165) is 53.9 Å². The standard InChI is InChI=1S/C33H42FN5O4S/c1-22(43-35)10-15-38-32(40)39-25-7-8-28(26(34)19-25)42-29-12-16-37-27-20-30(44-31(27)29)24-6-5-23(11-14-36-17-18-41-4)21-33(2,3)13-9-24/h5-8,10,12,16,19-20,36H,9,11,13-15,17-18,21,35H2,1-4H3,(H2,38,39,40). The topological polar surface area (TPSA) is 120 Å². The number of anilines is 1. The molecule has 1 aliphatic rings. The number of ether oxygens (including phenoxy) is 2. The smallest absolute Gasteiger partial charge is 0.319 e. The molecule has 0 saturated carbocycles. The number of amides is 2. The lowest BCUT2D eigenvalue weighted by Crippen LogP contribution is -2.29. The number of halogens is 1. The number of hydrogen-bond donors (Lipinski definition) is 4. The van der Waals surface area contributed by atoms with Crippen LogP contribution in [0.15, 0.2) is 66.1 Å². The van der Waals surface area contributed by atoms with E-state index in [0.29, 0.717) is 23.8 Å². The number of pyridine rings is 1. The molecule has 3 aromatic rings. The molecule has 0 aliphatic heterocycles. The quantitative estimate of drug-likeness (QED) is 0.0897. The first kappa shape index (κ1) is 33.1. The Morgan fingerprint density at radius 2 is 2.02 bits per heavy atom. The monoisotopic (exact) mass is 623 g/mol. The molecule has 0 atom stereocenters. The first-order chi connectivity index (χ1) is 21.2. The number of methoxy groups -OCH3 is 1. The Hall–Kier alpha value is -3.77. The highest BCUT2D eigenvalue weighted by Crippen LogP contribution is 2.42. The van der Waals surface area contributed by atoms with Crippen molar-refractivity contribution < 1.29 is 23.5 Å². The van der Waals surface area contributed by atoms with Gasteiger partial charge in [-0.25, -0.2) is 9.18 Å². The van der Waals surface area contributed by atoms with Gasteiger partial charge in [-0.05, 0) is 74.4 Å². The van der Waals surface area contributed by atoms with Gasteiger partial charge in [-0.2, -0.15) is 5.90 Å². The molecule has 9 nitrogen and oxygen atoms in total. The SMILES string of the molecule is COCCNCCC1=CC=C(c2cc3nccc(Oc4ccc(NC(=O)NCC=C(C)ON)cc4F)c3s2)CCC(C)(C)C1. The molecule has 1 aliphatic carbocycles. The Bertz CT molecular complexity index is 1530. The van der Waals surface area contributed by atoms with Crippen LogP contribution in [0.4, 0.5) is 14.9 Å². The number of thiophene rings is 1. The third kappa shape index (κ3) is 9.62. The van der Waals surface area contributed by atoms with Crippen LogP contribution in [0.5, 0.6) is 11.5 Å². The third-order valence-electron chi connectivity index (χ3n) is 7.34. The summed E-state index contributed by atoms with van der Waals surface area (Å²) in [4.78, 5) is 22.4. The van der Waals surface area contributed by atoms with E-state index >= 15 is 4.39 Å². The van der Waals surface area contributed by atoms with Gasteiger partial charge in [-0.1, -0.05) is 31.6 Å². The van der Waals surface area contributed by atoms with Crippen LogP contribution in [0.2, 0.25) is 0 Å². The fourth-order valence-corrected chi connectivity index (χ4v) is 6.02. The third-order valence-corrected chi connectivity index (χ3v) is 8.56. The van der Waals surface area contributed by atoms with Crippen molar-refractivity contribution >= 4 is 38.8 Å². The van der Waals surface area contributed by atoms with Crippen molar-refractivity contribution in [1.29, 1.82) is 0 Å². The molecule has 236 valence electrons. The summed E-state index contributed by atoms with van der Waals surface area (Å²) in [5.74, 6) is 5.49. The number of rotatable bonds is 13. The van der Waals surface area contributed by atoms with E-state index in [4.69, 9.17) is 15.4 Å². The van der Waals surface area contributed by atoms with Gasteiger partial charge in [0.05, 0.1) is 16.8 Å². The lowest BCUT2D eigenvalue weighted by molar-refractivity contribution is 0.199. The maximum absolute atomic E-state index is 15.1. The largest absolute Gasteiger partial charge is 0.453 e. The van der Waals surface area contributed by atoms with E-state index in [-0.39, 0.29) is 17.7 Å². The molecule has 1 aromatic carbocycles. The van der Waals surface area contributed by atoms with Crippen molar-refractivity contribution in [2.75, 3.05) is 38.7 Å². The Labute approximate surface area is 262 Å². The molecule has 2 amide bonds. The van der Waals surface area contributed by atoms with Crippen molar-refractivity contribution in [3.63, 3.8) is 0 Å².